The summed E-state index contributed by atoms with van der Waals surface area (Å²) in [4.78, 5) is 14.6. The molecule has 1 heterocycles. The minimum Gasteiger partial charge on any atom is -0.497 e. The first-order valence-corrected chi connectivity index (χ1v) is 6.67. The molecule has 0 bridgehead atoms. The standard InChI is InChI=1S/C17H17NO2/c1-18-15(12-6-4-3-5-7-12)16(18)17(19)13-8-10-14(20-2)11-9-13/h3-11,15-16H,1-2H3/t15-,16-,18?/m1/s1. The smallest absolute Gasteiger partial charge is 0.181 e. The van der Waals surface area contributed by atoms with Gasteiger partial charge in [0.2, 0.25) is 0 Å². The van der Waals surface area contributed by atoms with Crippen molar-refractivity contribution in [2.45, 2.75) is 12.1 Å². The molecule has 0 radical (unpaired) electrons. The van der Waals surface area contributed by atoms with Crippen molar-refractivity contribution in [2.75, 3.05) is 14.2 Å². The summed E-state index contributed by atoms with van der Waals surface area (Å²) in [6, 6.07) is 17.6. The number of likely N-dealkylation sites (N-methyl/N-ethyl adjacent to an activating group) is 1. The van der Waals surface area contributed by atoms with Crippen molar-refractivity contribution in [2.24, 2.45) is 0 Å². The van der Waals surface area contributed by atoms with Crippen molar-refractivity contribution >= 4 is 5.78 Å². The van der Waals surface area contributed by atoms with Gasteiger partial charge in [0, 0.05) is 5.56 Å². The topological polar surface area (TPSA) is 29.3 Å². The number of hydrogen-bond donors (Lipinski definition) is 0. The summed E-state index contributed by atoms with van der Waals surface area (Å²) in [7, 11) is 3.61. The molecule has 0 aromatic heterocycles. The van der Waals surface area contributed by atoms with Gasteiger partial charge in [-0.05, 0) is 36.9 Å². The van der Waals surface area contributed by atoms with Gasteiger partial charge in [-0.25, -0.2) is 0 Å². The molecule has 1 unspecified atom stereocenters. The highest BCUT2D eigenvalue weighted by Crippen LogP contribution is 2.42. The first-order valence-electron chi connectivity index (χ1n) is 6.67. The molecule has 0 aliphatic carbocycles. The maximum atomic E-state index is 12.5. The highest BCUT2D eigenvalue weighted by atomic mass is 16.5. The van der Waals surface area contributed by atoms with E-state index >= 15 is 0 Å². The maximum Gasteiger partial charge on any atom is 0.181 e. The highest BCUT2D eigenvalue weighted by Gasteiger charge is 2.50. The van der Waals surface area contributed by atoms with Crippen LogP contribution < -0.4 is 4.74 Å². The number of carbonyl (C=O) groups excluding carboxylic acids is 1. The molecule has 0 N–H and O–H groups in total. The van der Waals surface area contributed by atoms with E-state index < -0.39 is 0 Å². The molecule has 1 saturated heterocycles. The number of nitrogens with zero attached hydrogens (tertiary/aromatic N) is 1. The number of ketones is 1. The molecule has 102 valence electrons. The predicted molar refractivity (Wildman–Crippen MR) is 78.1 cm³/mol. The molecule has 2 aromatic carbocycles. The van der Waals surface area contributed by atoms with Crippen LogP contribution in [0.25, 0.3) is 0 Å². The van der Waals surface area contributed by atoms with Crippen LogP contribution in [-0.2, 0) is 0 Å². The van der Waals surface area contributed by atoms with Crippen molar-refractivity contribution < 1.29 is 9.53 Å². The summed E-state index contributed by atoms with van der Waals surface area (Å²) in [6.45, 7) is 0. The molecule has 0 saturated carbocycles. The quantitative estimate of drug-likeness (QED) is 0.630. The van der Waals surface area contributed by atoms with E-state index in [4.69, 9.17) is 4.74 Å². The lowest BCUT2D eigenvalue weighted by atomic mass is 10.0. The summed E-state index contributed by atoms with van der Waals surface area (Å²) in [6.07, 6.45) is 0. The van der Waals surface area contributed by atoms with Crippen LogP contribution in [0.3, 0.4) is 0 Å². The lowest BCUT2D eigenvalue weighted by Crippen LogP contribution is -2.11. The third kappa shape index (κ3) is 2.21. The van der Waals surface area contributed by atoms with Crippen LogP contribution in [0.5, 0.6) is 5.75 Å². The third-order valence-electron chi connectivity index (χ3n) is 3.87. The Kier molecular flexibility index (Phi) is 3.28. The SMILES string of the molecule is COc1ccc(C(=O)[C@H]2[C@@H](c3ccccc3)N2C)cc1. The molecule has 1 aliphatic heterocycles. The van der Waals surface area contributed by atoms with Gasteiger partial charge in [-0.2, -0.15) is 0 Å². The number of ether oxygens (including phenoxy) is 1. The molecular weight excluding hydrogens is 250 g/mol. The Hall–Kier alpha value is -2.13. The molecule has 3 atom stereocenters. The average Bonchev–Trinajstić information content (AvgIpc) is 3.19. The van der Waals surface area contributed by atoms with Gasteiger partial charge in [-0.3, -0.25) is 9.69 Å². The van der Waals surface area contributed by atoms with E-state index in [1.54, 1.807) is 7.11 Å². The fraction of sp³-hybridized carbons (Fsp3) is 0.235. The number of hydrogen-bond acceptors (Lipinski definition) is 3. The first kappa shape index (κ1) is 12.9. The van der Waals surface area contributed by atoms with Crippen LogP contribution in [-0.4, -0.2) is 30.9 Å². The first-order chi connectivity index (χ1) is 9.72. The van der Waals surface area contributed by atoms with Crippen LogP contribution in [0, 0.1) is 0 Å². The largest absolute Gasteiger partial charge is 0.497 e. The van der Waals surface area contributed by atoms with Crippen LogP contribution in [0.15, 0.2) is 54.6 Å². The zero-order valence-corrected chi connectivity index (χ0v) is 11.6. The van der Waals surface area contributed by atoms with E-state index in [9.17, 15) is 4.79 Å². The van der Waals surface area contributed by atoms with Crippen LogP contribution in [0.4, 0.5) is 0 Å². The molecule has 0 spiro atoms. The Labute approximate surface area is 118 Å². The van der Waals surface area contributed by atoms with Gasteiger partial charge in [0.05, 0.1) is 19.2 Å². The van der Waals surface area contributed by atoms with Crippen molar-refractivity contribution in [1.82, 2.24) is 4.90 Å². The van der Waals surface area contributed by atoms with Crippen molar-refractivity contribution in [3.05, 3.63) is 65.7 Å². The van der Waals surface area contributed by atoms with Crippen LogP contribution in [0.2, 0.25) is 0 Å². The van der Waals surface area contributed by atoms with Crippen LogP contribution in [0.1, 0.15) is 22.0 Å². The molecule has 1 aliphatic rings. The second-order valence-corrected chi connectivity index (χ2v) is 5.06. The predicted octanol–water partition coefficient (Wildman–Crippen LogP) is 2.93. The molecule has 1 fully saturated rings. The number of benzene rings is 2. The zero-order valence-electron chi connectivity index (χ0n) is 11.6. The number of rotatable bonds is 4. The Balaban J connectivity index is 1.78. The Morgan fingerprint density at radius 3 is 2.30 bits per heavy atom. The Bertz CT molecular complexity index is 607. The monoisotopic (exact) mass is 267 g/mol. The molecule has 0 amide bonds. The van der Waals surface area contributed by atoms with E-state index in [0.29, 0.717) is 0 Å². The second-order valence-electron chi connectivity index (χ2n) is 5.06. The van der Waals surface area contributed by atoms with Gasteiger partial charge in [0.25, 0.3) is 0 Å². The second kappa shape index (κ2) is 5.10. The summed E-state index contributed by atoms with van der Waals surface area (Å²) >= 11 is 0. The fourth-order valence-electron chi connectivity index (χ4n) is 2.66. The number of methoxy groups -OCH3 is 1. The summed E-state index contributed by atoms with van der Waals surface area (Å²) in [5.74, 6) is 0.939. The highest BCUT2D eigenvalue weighted by molar-refractivity contribution is 6.02. The summed E-state index contributed by atoms with van der Waals surface area (Å²) in [5.41, 5.74) is 1.93. The fourth-order valence-corrected chi connectivity index (χ4v) is 2.66. The molecule has 3 heteroatoms. The van der Waals surface area contributed by atoms with Crippen molar-refractivity contribution in [1.29, 1.82) is 0 Å². The maximum absolute atomic E-state index is 12.5. The van der Waals surface area contributed by atoms with E-state index in [-0.39, 0.29) is 17.9 Å². The van der Waals surface area contributed by atoms with Crippen molar-refractivity contribution in [3.63, 3.8) is 0 Å². The number of carbonyl (C=O) groups is 1. The molecule has 20 heavy (non-hydrogen) atoms. The van der Waals surface area contributed by atoms with Gasteiger partial charge >= 0.3 is 0 Å². The molecule has 3 nitrogen and oxygen atoms in total. The van der Waals surface area contributed by atoms with Crippen molar-refractivity contribution in [3.8, 4) is 5.75 Å². The van der Waals surface area contributed by atoms with Gasteiger partial charge < -0.3 is 4.74 Å². The minimum absolute atomic E-state index is 0.0502. The average molecular weight is 267 g/mol. The molecular formula is C17H17NO2. The summed E-state index contributed by atoms with van der Waals surface area (Å²) in [5, 5.41) is 0. The van der Waals surface area contributed by atoms with E-state index in [1.807, 2.05) is 49.5 Å². The zero-order chi connectivity index (χ0) is 14.1. The van der Waals surface area contributed by atoms with E-state index in [2.05, 4.69) is 17.0 Å². The van der Waals surface area contributed by atoms with Gasteiger partial charge in [-0.15, -0.1) is 0 Å². The number of Topliss-reactive ketones (excluding diaryl/α,β-unsaturated/α-hetero) is 1. The lowest BCUT2D eigenvalue weighted by Gasteiger charge is -2.02. The minimum atomic E-state index is -0.0502. The molecule has 3 rings (SSSR count). The third-order valence-corrected chi connectivity index (χ3v) is 3.87. The Morgan fingerprint density at radius 2 is 1.70 bits per heavy atom. The normalized spacial score (nSPS) is 24.2. The van der Waals surface area contributed by atoms with Crippen LogP contribution >= 0.6 is 0 Å². The van der Waals surface area contributed by atoms with Gasteiger partial charge in [-0.1, -0.05) is 30.3 Å². The molecule has 2 aromatic rings. The van der Waals surface area contributed by atoms with E-state index in [0.717, 1.165) is 11.3 Å². The Morgan fingerprint density at radius 1 is 1.05 bits per heavy atom. The van der Waals surface area contributed by atoms with E-state index in [1.165, 1.54) is 5.56 Å². The summed E-state index contributed by atoms with van der Waals surface area (Å²) < 4.78 is 5.11. The van der Waals surface area contributed by atoms with Gasteiger partial charge in [0.1, 0.15) is 5.75 Å². The lowest BCUT2D eigenvalue weighted by molar-refractivity contribution is 0.0977. The van der Waals surface area contributed by atoms with Gasteiger partial charge in [0.15, 0.2) is 5.78 Å².